The van der Waals surface area contributed by atoms with Crippen molar-refractivity contribution in [1.82, 2.24) is 10.3 Å². The van der Waals surface area contributed by atoms with Crippen LogP contribution in [-0.2, 0) is 6.42 Å². The first-order valence-electron chi connectivity index (χ1n) is 5.45. The van der Waals surface area contributed by atoms with Gasteiger partial charge in [-0.05, 0) is 44.5 Å². The van der Waals surface area contributed by atoms with Gasteiger partial charge < -0.3 is 10.3 Å². The second-order valence-electron chi connectivity index (χ2n) is 4.14. The summed E-state index contributed by atoms with van der Waals surface area (Å²) in [5.74, 6) is 0. The summed E-state index contributed by atoms with van der Waals surface area (Å²) in [6.45, 7) is 5.34. The molecule has 15 heavy (non-hydrogen) atoms. The minimum atomic E-state index is 1.02. The molecule has 0 bridgehead atoms. The molecule has 0 unspecified atom stereocenters. The summed E-state index contributed by atoms with van der Waals surface area (Å²) in [4.78, 5) is 3.50. The zero-order valence-electron chi connectivity index (χ0n) is 9.65. The average Bonchev–Trinajstić information content (AvgIpc) is 2.66. The number of fused-ring (bicyclic) bond motifs is 1. The molecule has 0 aliphatic heterocycles. The molecule has 0 aliphatic rings. The molecule has 0 fully saturated rings. The van der Waals surface area contributed by atoms with Gasteiger partial charge in [0.05, 0.1) is 0 Å². The smallest absolute Gasteiger partial charge is 0.0488 e. The van der Waals surface area contributed by atoms with Gasteiger partial charge in [-0.1, -0.05) is 12.1 Å². The molecule has 2 heteroatoms. The van der Waals surface area contributed by atoms with Gasteiger partial charge in [-0.3, -0.25) is 0 Å². The van der Waals surface area contributed by atoms with Crippen molar-refractivity contribution >= 4 is 10.9 Å². The van der Waals surface area contributed by atoms with Crippen LogP contribution < -0.4 is 5.32 Å². The Morgan fingerprint density at radius 2 is 1.93 bits per heavy atom. The molecule has 1 aromatic carbocycles. The molecule has 2 rings (SSSR count). The molecule has 0 saturated heterocycles. The summed E-state index contributed by atoms with van der Waals surface area (Å²) in [7, 11) is 1.99. The minimum absolute atomic E-state index is 1.02. The number of H-pyrrole nitrogens is 1. The Morgan fingerprint density at radius 3 is 2.60 bits per heavy atom. The third-order valence-electron chi connectivity index (χ3n) is 2.92. The second-order valence-corrected chi connectivity index (χ2v) is 4.14. The summed E-state index contributed by atoms with van der Waals surface area (Å²) in [5.41, 5.74) is 5.28. The van der Waals surface area contributed by atoms with Gasteiger partial charge >= 0.3 is 0 Å². The van der Waals surface area contributed by atoms with E-state index in [0.29, 0.717) is 0 Å². The fraction of sp³-hybridized carbons (Fsp3) is 0.385. The minimum Gasteiger partial charge on any atom is -0.358 e. The molecular formula is C13H18N2. The van der Waals surface area contributed by atoms with Crippen molar-refractivity contribution in [2.45, 2.75) is 20.3 Å². The zero-order chi connectivity index (χ0) is 10.8. The fourth-order valence-electron chi connectivity index (χ4n) is 1.95. The Morgan fingerprint density at radius 1 is 1.20 bits per heavy atom. The van der Waals surface area contributed by atoms with Crippen molar-refractivity contribution < 1.29 is 0 Å². The van der Waals surface area contributed by atoms with E-state index in [-0.39, 0.29) is 0 Å². The fourth-order valence-corrected chi connectivity index (χ4v) is 1.95. The summed E-state index contributed by atoms with van der Waals surface area (Å²) >= 11 is 0. The molecule has 0 radical (unpaired) electrons. The van der Waals surface area contributed by atoms with Crippen LogP contribution in [0.4, 0.5) is 0 Å². The third-order valence-corrected chi connectivity index (χ3v) is 2.92. The van der Waals surface area contributed by atoms with E-state index in [1.54, 1.807) is 0 Å². The van der Waals surface area contributed by atoms with Crippen molar-refractivity contribution in [3.8, 4) is 0 Å². The molecule has 1 aromatic heterocycles. The summed E-state index contributed by atoms with van der Waals surface area (Å²) in [5, 5.41) is 4.53. The summed E-state index contributed by atoms with van der Waals surface area (Å²) < 4.78 is 0. The standard InChI is InChI=1S/C13H18N2/c1-9-4-5-10(2)13-12(9)8-11(15-13)6-7-14-3/h4-5,8,14-15H,6-7H2,1-3H3. The van der Waals surface area contributed by atoms with E-state index in [9.17, 15) is 0 Å². The third kappa shape index (κ3) is 1.90. The van der Waals surface area contributed by atoms with Crippen LogP contribution in [0.15, 0.2) is 18.2 Å². The first kappa shape index (κ1) is 10.2. The summed E-state index contributed by atoms with van der Waals surface area (Å²) in [6, 6.07) is 6.64. The highest BCUT2D eigenvalue weighted by atomic mass is 14.8. The van der Waals surface area contributed by atoms with Crippen LogP contribution in [0.5, 0.6) is 0 Å². The molecule has 2 aromatic rings. The van der Waals surface area contributed by atoms with Crippen molar-refractivity contribution in [2.75, 3.05) is 13.6 Å². The molecule has 80 valence electrons. The molecule has 0 aliphatic carbocycles. The highest BCUT2D eigenvalue weighted by Gasteiger charge is 2.04. The van der Waals surface area contributed by atoms with E-state index in [2.05, 4.69) is 42.3 Å². The van der Waals surface area contributed by atoms with Crippen molar-refractivity contribution in [3.05, 3.63) is 35.0 Å². The van der Waals surface area contributed by atoms with E-state index in [4.69, 9.17) is 0 Å². The molecule has 2 N–H and O–H groups in total. The SMILES string of the molecule is CNCCc1cc2c(C)ccc(C)c2[nH]1. The van der Waals surface area contributed by atoms with Crippen LogP contribution in [-0.4, -0.2) is 18.6 Å². The van der Waals surface area contributed by atoms with Crippen LogP contribution in [0.3, 0.4) is 0 Å². The lowest BCUT2D eigenvalue weighted by molar-refractivity contribution is 0.781. The Kier molecular flexibility index (Phi) is 2.78. The van der Waals surface area contributed by atoms with Gasteiger partial charge in [0, 0.05) is 23.1 Å². The van der Waals surface area contributed by atoms with Crippen LogP contribution in [0, 0.1) is 13.8 Å². The Labute approximate surface area is 90.7 Å². The molecular weight excluding hydrogens is 184 g/mol. The van der Waals surface area contributed by atoms with Gasteiger partial charge in [0.1, 0.15) is 0 Å². The van der Waals surface area contributed by atoms with E-state index >= 15 is 0 Å². The van der Waals surface area contributed by atoms with Crippen LogP contribution >= 0.6 is 0 Å². The van der Waals surface area contributed by atoms with Gasteiger partial charge in [0.15, 0.2) is 0 Å². The number of nitrogens with one attached hydrogen (secondary N) is 2. The molecule has 0 atom stereocenters. The van der Waals surface area contributed by atoms with Crippen LogP contribution in [0.1, 0.15) is 16.8 Å². The van der Waals surface area contributed by atoms with Gasteiger partial charge in [-0.25, -0.2) is 0 Å². The van der Waals surface area contributed by atoms with Crippen LogP contribution in [0.25, 0.3) is 10.9 Å². The molecule has 0 saturated carbocycles. The number of hydrogen-bond acceptors (Lipinski definition) is 1. The number of rotatable bonds is 3. The normalized spacial score (nSPS) is 11.1. The number of aryl methyl sites for hydroxylation is 2. The van der Waals surface area contributed by atoms with E-state index in [1.165, 1.54) is 27.7 Å². The highest BCUT2D eigenvalue weighted by molar-refractivity contribution is 5.86. The molecule has 1 heterocycles. The topological polar surface area (TPSA) is 27.8 Å². The first-order chi connectivity index (χ1) is 7.22. The number of benzene rings is 1. The maximum atomic E-state index is 3.50. The van der Waals surface area contributed by atoms with Gasteiger partial charge in [-0.15, -0.1) is 0 Å². The molecule has 0 spiro atoms. The van der Waals surface area contributed by atoms with Crippen molar-refractivity contribution in [3.63, 3.8) is 0 Å². The number of aromatic amines is 1. The van der Waals surface area contributed by atoms with Crippen molar-refractivity contribution in [1.29, 1.82) is 0 Å². The Bertz CT molecular complexity index is 430. The van der Waals surface area contributed by atoms with E-state index in [1.807, 2.05) is 7.05 Å². The van der Waals surface area contributed by atoms with E-state index in [0.717, 1.165) is 13.0 Å². The zero-order valence-corrected chi connectivity index (χ0v) is 9.65. The summed E-state index contributed by atoms with van der Waals surface area (Å²) in [6.07, 6.45) is 1.06. The van der Waals surface area contributed by atoms with Gasteiger partial charge in [0.25, 0.3) is 0 Å². The predicted molar refractivity (Wildman–Crippen MR) is 65.4 cm³/mol. The monoisotopic (exact) mass is 202 g/mol. The largest absolute Gasteiger partial charge is 0.358 e. The number of aromatic nitrogens is 1. The lowest BCUT2D eigenvalue weighted by Gasteiger charge is -1.98. The quantitative estimate of drug-likeness (QED) is 0.786. The highest BCUT2D eigenvalue weighted by Crippen LogP contribution is 2.22. The Balaban J connectivity index is 2.45. The molecule has 2 nitrogen and oxygen atoms in total. The van der Waals surface area contributed by atoms with Crippen LogP contribution in [0.2, 0.25) is 0 Å². The number of likely N-dealkylation sites (N-methyl/N-ethyl adjacent to an activating group) is 1. The van der Waals surface area contributed by atoms with Gasteiger partial charge in [0.2, 0.25) is 0 Å². The van der Waals surface area contributed by atoms with Gasteiger partial charge in [-0.2, -0.15) is 0 Å². The maximum Gasteiger partial charge on any atom is 0.0488 e. The average molecular weight is 202 g/mol. The number of hydrogen-bond donors (Lipinski definition) is 2. The van der Waals surface area contributed by atoms with E-state index < -0.39 is 0 Å². The maximum absolute atomic E-state index is 3.50. The van der Waals surface area contributed by atoms with Crippen molar-refractivity contribution in [2.24, 2.45) is 0 Å². The first-order valence-corrected chi connectivity index (χ1v) is 5.45. The lowest BCUT2D eigenvalue weighted by atomic mass is 10.1. The second kappa shape index (κ2) is 4.07. The predicted octanol–water partition coefficient (Wildman–Crippen LogP) is 2.55. The molecule has 0 amide bonds. The Hall–Kier alpha value is -1.28. The lowest BCUT2D eigenvalue weighted by Crippen LogP contribution is -2.10.